The summed E-state index contributed by atoms with van der Waals surface area (Å²) in [4.78, 5) is 0. The number of benzene rings is 3. The molecule has 6 rings (SSSR count). The molecule has 2 aliphatic carbocycles. The quantitative estimate of drug-likeness (QED) is 0.171. The summed E-state index contributed by atoms with van der Waals surface area (Å²) in [5, 5.41) is 0. The second-order valence-corrected chi connectivity index (χ2v) is 13.4. The van der Waals surface area contributed by atoms with Crippen LogP contribution in [0.15, 0.2) is 91.0 Å². The number of rotatable bonds is 11. The van der Waals surface area contributed by atoms with Crippen molar-refractivity contribution in [3.63, 3.8) is 0 Å². The van der Waals surface area contributed by atoms with Gasteiger partial charge in [0.1, 0.15) is 36.6 Å². The Kier molecular flexibility index (Phi) is 10.1. The maximum Gasteiger partial charge on any atom is 0.523 e. The molecule has 0 radical (unpaired) electrons. The van der Waals surface area contributed by atoms with Crippen LogP contribution < -0.4 is 0 Å². The van der Waals surface area contributed by atoms with Crippen LogP contribution in [0, 0.1) is 0 Å². The normalized spacial score (nSPS) is 27.8. The molecule has 248 valence electrons. The molecule has 1 spiro atoms. The minimum atomic E-state index is -6.09. The average Bonchev–Trinajstić information content (AvgIpc) is 3.41. The molecule has 8 nitrogen and oxygen atoms in total. The third-order valence-electron chi connectivity index (χ3n) is 8.64. The number of hydrogen-bond acceptors (Lipinski definition) is 8. The molecule has 1 heterocycles. The summed E-state index contributed by atoms with van der Waals surface area (Å²) in [6.07, 6.45) is -3.59. The zero-order valence-electron chi connectivity index (χ0n) is 25.1. The minimum absolute atomic E-state index is 0.0437. The Labute approximate surface area is 266 Å². The van der Waals surface area contributed by atoms with Gasteiger partial charge in [-0.05, 0) is 29.5 Å². The van der Waals surface area contributed by atoms with Crippen molar-refractivity contribution in [3.8, 4) is 0 Å². The van der Waals surface area contributed by atoms with Crippen LogP contribution in [-0.4, -0.2) is 56.3 Å². The molecule has 3 aromatic carbocycles. The topological polar surface area (TPSA) is 89.5 Å². The Hall–Kier alpha value is -2.84. The van der Waals surface area contributed by atoms with Crippen LogP contribution in [0.3, 0.4) is 0 Å². The van der Waals surface area contributed by atoms with E-state index < -0.39 is 58.0 Å². The molecule has 46 heavy (non-hydrogen) atoms. The van der Waals surface area contributed by atoms with Gasteiger partial charge in [0.05, 0.1) is 19.8 Å². The molecule has 0 bridgehead atoms. The Morgan fingerprint density at radius 3 is 1.41 bits per heavy atom. The second-order valence-electron chi connectivity index (χ2n) is 11.9. The van der Waals surface area contributed by atoms with Crippen LogP contribution in [-0.2, 0) is 57.8 Å². The van der Waals surface area contributed by atoms with Gasteiger partial charge < -0.3 is 23.7 Å². The van der Waals surface area contributed by atoms with Crippen LogP contribution in [0.4, 0.5) is 13.2 Å². The smallest absolute Gasteiger partial charge is 0.368 e. The van der Waals surface area contributed by atoms with E-state index >= 15 is 0 Å². The lowest BCUT2D eigenvalue weighted by Gasteiger charge is -2.46. The average molecular weight is 663 g/mol. The molecule has 3 aromatic rings. The van der Waals surface area contributed by atoms with Crippen molar-refractivity contribution in [2.24, 2.45) is 0 Å². The van der Waals surface area contributed by atoms with Crippen LogP contribution >= 0.6 is 0 Å². The number of halogens is 3. The summed E-state index contributed by atoms with van der Waals surface area (Å²) in [5.74, 6) is -1.02. The maximum absolute atomic E-state index is 13.9. The third kappa shape index (κ3) is 7.49. The number of alkyl halides is 3. The maximum atomic E-state index is 13.9. The molecule has 2 saturated carbocycles. The monoisotopic (exact) mass is 662 g/mol. The Morgan fingerprint density at radius 1 is 0.609 bits per heavy atom. The van der Waals surface area contributed by atoms with E-state index in [0.29, 0.717) is 12.8 Å². The largest absolute Gasteiger partial charge is 0.523 e. The van der Waals surface area contributed by atoms with E-state index in [-0.39, 0.29) is 19.8 Å². The highest BCUT2D eigenvalue weighted by Crippen LogP contribution is 2.48. The highest BCUT2D eigenvalue weighted by molar-refractivity contribution is 7.87. The van der Waals surface area contributed by atoms with Crippen LogP contribution in [0.5, 0.6) is 0 Å². The summed E-state index contributed by atoms with van der Waals surface area (Å²) in [6, 6.07) is 27.3. The fourth-order valence-corrected chi connectivity index (χ4v) is 7.04. The summed E-state index contributed by atoms with van der Waals surface area (Å²) in [6.45, 7) is -0.0417. The predicted octanol–water partition coefficient (Wildman–Crippen LogP) is 6.44. The minimum Gasteiger partial charge on any atom is -0.368 e. The van der Waals surface area contributed by atoms with Gasteiger partial charge in [0.15, 0.2) is 5.79 Å². The highest BCUT2D eigenvalue weighted by Gasteiger charge is 2.64. The molecule has 12 heteroatoms. The molecular weight excluding hydrogens is 625 g/mol. The van der Waals surface area contributed by atoms with E-state index in [2.05, 4.69) is 0 Å². The summed E-state index contributed by atoms with van der Waals surface area (Å²) < 4.78 is 104. The van der Waals surface area contributed by atoms with Gasteiger partial charge in [-0.25, -0.2) is 0 Å². The van der Waals surface area contributed by atoms with Crippen LogP contribution in [0.25, 0.3) is 0 Å². The van der Waals surface area contributed by atoms with E-state index in [9.17, 15) is 21.6 Å². The van der Waals surface area contributed by atoms with Gasteiger partial charge in [-0.1, -0.05) is 97.4 Å². The Bertz CT molecular complexity index is 1500. The van der Waals surface area contributed by atoms with Crippen molar-refractivity contribution in [2.45, 2.75) is 99.8 Å². The molecule has 3 unspecified atom stereocenters. The lowest BCUT2D eigenvalue weighted by atomic mass is 9.84. The SMILES string of the molecule is O=S(=O)(O[C@@H]1C(OCc2ccccc2)C2OC3(CCCCC3)O[C@@H]2[C@@H](OCc2ccccc2)C1OCc1ccccc1)C(F)(F)F. The van der Waals surface area contributed by atoms with Gasteiger partial charge in [-0.2, -0.15) is 21.6 Å². The molecule has 3 aliphatic rings. The van der Waals surface area contributed by atoms with Gasteiger partial charge in [0.25, 0.3) is 0 Å². The van der Waals surface area contributed by atoms with Gasteiger partial charge in [-0.15, -0.1) is 0 Å². The molecular formula is C34H37F3O8S. The standard InChI is InChI=1S/C34H37F3O8S/c35-34(36,37)46(38,39)45-32-28(41-22-25-15-7-2-8-16-25)27(40-21-24-13-5-1-6-14-24)30-31(44-33(43-30)19-11-4-12-20-33)29(32)42-23-26-17-9-3-10-18-26/h1-3,5-10,13-18,27-32H,4,11-12,19-23H2/t27-,28?,29?,30+,31?,32-/m0/s1. The zero-order valence-corrected chi connectivity index (χ0v) is 25.9. The Balaban J connectivity index is 1.41. The van der Waals surface area contributed by atoms with Gasteiger partial charge >= 0.3 is 15.6 Å². The Morgan fingerprint density at radius 2 is 1.00 bits per heavy atom. The van der Waals surface area contributed by atoms with E-state index in [1.165, 1.54) is 0 Å². The van der Waals surface area contributed by atoms with Crippen LogP contribution in [0.2, 0.25) is 0 Å². The highest BCUT2D eigenvalue weighted by atomic mass is 32.2. The van der Waals surface area contributed by atoms with Crippen molar-refractivity contribution in [1.82, 2.24) is 0 Å². The molecule has 6 atom stereocenters. The first-order chi connectivity index (χ1) is 22.1. The second kappa shape index (κ2) is 14.1. The van der Waals surface area contributed by atoms with Crippen molar-refractivity contribution >= 4 is 10.1 Å². The first-order valence-electron chi connectivity index (χ1n) is 15.5. The third-order valence-corrected chi connectivity index (χ3v) is 9.68. The zero-order chi connectivity index (χ0) is 32.2. The molecule has 0 aromatic heterocycles. The number of fused-ring (bicyclic) bond motifs is 1. The summed E-state index contributed by atoms with van der Waals surface area (Å²) in [5.41, 5.74) is -3.43. The van der Waals surface area contributed by atoms with Crippen molar-refractivity contribution in [1.29, 1.82) is 0 Å². The van der Waals surface area contributed by atoms with Gasteiger partial charge in [0.2, 0.25) is 0 Å². The fraction of sp³-hybridized carbons (Fsp3) is 0.471. The van der Waals surface area contributed by atoms with E-state index in [4.69, 9.17) is 27.9 Å². The van der Waals surface area contributed by atoms with Gasteiger partial charge in [-0.3, -0.25) is 4.18 Å². The van der Waals surface area contributed by atoms with E-state index in [1.807, 2.05) is 42.5 Å². The van der Waals surface area contributed by atoms with Gasteiger partial charge in [0, 0.05) is 12.8 Å². The van der Waals surface area contributed by atoms with Crippen molar-refractivity contribution in [3.05, 3.63) is 108 Å². The fourth-order valence-electron chi connectivity index (χ4n) is 6.42. The van der Waals surface area contributed by atoms with Crippen molar-refractivity contribution in [2.75, 3.05) is 0 Å². The lowest BCUT2D eigenvalue weighted by molar-refractivity contribution is -0.233. The summed E-state index contributed by atoms with van der Waals surface area (Å²) in [7, 11) is -6.09. The first-order valence-corrected chi connectivity index (χ1v) is 16.9. The molecule has 1 saturated heterocycles. The molecule has 0 N–H and O–H groups in total. The van der Waals surface area contributed by atoms with Crippen molar-refractivity contribution < 1.29 is 49.5 Å². The lowest BCUT2D eigenvalue weighted by Crippen LogP contribution is -2.66. The van der Waals surface area contributed by atoms with E-state index in [1.54, 1.807) is 48.5 Å². The molecule has 1 aliphatic heterocycles. The van der Waals surface area contributed by atoms with Crippen LogP contribution in [0.1, 0.15) is 48.8 Å². The number of ether oxygens (including phenoxy) is 5. The molecule has 0 amide bonds. The molecule has 3 fully saturated rings. The van der Waals surface area contributed by atoms with E-state index in [0.717, 1.165) is 36.0 Å². The summed E-state index contributed by atoms with van der Waals surface area (Å²) >= 11 is 0. The first kappa shape index (κ1) is 33.1. The number of hydrogen-bond donors (Lipinski definition) is 0. The predicted molar refractivity (Wildman–Crippen MR) is 160 cm³/mol.